The van der Waals surface area contributed by atoms with Crippen LogP contribution in [0.5, 0.6) is 5.75 Å². The van der Waals surface area contributed by atoms with Gasteiger partial charge in [0.2, 0.25) is 5.91 Å². The van der Waals surface area contributed by atoms with Crippen molar-refractivity contribution in [1.29, 1.82) is 0 Å². The third kappa shape index (κ3) is 13.8. The molecule has 1 saturated carbocycles. The Labute approximate surface area is 305 Å². The number of carbonyl (C=O) groups is 2. The van der Waals surface area contributed by atoms with Gasteiger partial charge in [0.15, 0.2) is 0 Å². The second-order valence-electron chi connectivity index (χ2n) is 13.5. The fraction of sp³-hybridized carbons (Fsp3) is 0.632. The maximum absolute atomic E-state index is 13.8. The van der Waals surface area contributed by atoms with E-state index in [9.17, 15) is 18.0 Å². The molecule has 2 fully saturated rings. The fourth-order valence-electron chi connectivity index (χ4n) is 5.88. The number of hydrogen-bond donors (Lipinski definition) is 3. The number of benzene rings is 1. The van der Waals surface area contributed by atoms with Crippen LogP contribution in [-0.2, 0) is 39.2 Å². The number of aldehydes is 1. The lowest BCUT2D eigenvalue weighted by Gasteiger charge is -2.38. The van der Waals surface area contributed by atoms with E-state index in [0.717, 1.165) is 11.9 Å². The third-order valence-electron chi connectivity index (χ3n) is 8.64. The zero-order chi connectivity index (χ0) is 38.1. The molecule has 2 aliphatic carbocycles. The lowest BCUT2D eigenvalue weighted by atomic mass is 9.69. The van der Waals surface area contributed by atoms with Crippen LogP contribution in [-0.4, -0.2) is 102 Å². The number of aliphatic hydroxyl groups is 1. The van der Waals surface area contributed by atoms with Crippen LogP contribution in [0.4, 0.5) is 5.69 Å². The van der Waals surface area contributed by atoms with Gasteiger partial charge in [0.1, 0.15) is 18.6 Å². The number of sulfonamides is 1. The molecular weight excluding hydrogens is 674 g/mol. The number of nitrogens with one attached hydrogen (secondary N) is 2. The number of carbonyl (C=O) groups excluding carboxylic acids is 2. The van der Waals surface area contributed by atoms with Crippen molar-refractivity contribution < 1.29 is 42.1 Å². The second kappa shape index (κ2) is 21.5. The van der Waals surface area contributed by atoms with Gasteiger partial charge in [-0.3, -0.25) is 14.8 Å². The minimum Gasteiger partial charge on any atom is -0.494 e. The van der Waals surface area contributed by atoms with Crippen molar-refractivity contribution in [3.8, 4) is 5.75 Å². The first kappa shape index (κ1) is 44.1. The summed E-state index contributed by atoms with van der Waals surface area (Å²) in [6.07, 6.45) is 9.00. The van der Waals surface area contributed by atoms with E-state index in [1.54, 1.807) is 35.3 Å². The summed E-state index contributed by atoms with van der Waals surface area (Å²) in [5.41, 5.74) is 1.68. The molecule has 3 aliphatic rings. The number of rotatable bonds is 14. The van der Waals surface area contributed by atoms with Crippen LogP contribution in [0.25, 0.3) is 0 Å². The first-order chi connectivity index (χ1) is 24.3. The van der Waals surface area contributed by atoms with Crippen LogP contribution in [0, 0.1) is 0 Å². The molecule has 0 bridgehead atoms. The van der Waals surface area contributed by atoms with Crippen LogP contribution in [0.2, 0.25) is 0 Å². The number of hydrogen-bond acceptors (Lipinski definition) is 10. The summed E-state index contributed by atoms with van der Waals surface area (Å²) in [5, 5.41) is 11.1. The molecule has 1 heterocycles. The Kier molecular flexibility index (Phi) is 18.5. The van der Waals surface area contributed by atoms with Crippen molar-refractivity contribution >= 4 is 27.9 Å². The zero-order valence-electron chi connectivity index (χ0n) is 31.9. The van der Waals surface area contributed by atoms with Crippen molar-refractivity contribution in [3.63, 3.8) is 0 Å². The van der Waals surface area contributed by atoms with E-state index in [4.69, 9.17) is 24.1 Å². The predicted molar refractivity (Wildman–Crippen MR) is 201 cm³/mol. The first-order valence-corrected chi connectivity index (χ1v) is 19.4. The van der Waals surface area contributed by atoms with Gasteiger partial charge >= 0.3 is 0 Å². The molecule has 1 aromatic rings. The fourth-order valence-corrected chi connectivity index (χ4v) is 7.20. The summed E-state index contributed by atoms with van der Waals surface area (Å²) in [7, 11) is -2.49. The predicted octanol–water partition coefficient (Wildman–Crippen LogP) is 5.24. The van der Waals surface area contributed by atoms with E-state index in [2.05, 4.69) is 10.0 Å². The van der Waals surface area contributed by atoms with Gasteiger partial charge in [-0.05, 0) is 102 Å². The Balaban J connectivity index is 0.000000894. The lowest BCUT2D eigenvalue weighted by Crippen LogP contribution is -2.44. The summed E-state index contributed by atoms with van der Waals surface area (Å²) < 4.78 is 52.7. The number of allylic oxidation sites excluding steroid dienone is 4. The average Bonchev–Trinajstić information content (AvgIpc) is 3.29. The van der Waals surface area contributed by atoms with E-state index in [1.807, 2.05) is 54.5 Å². The van der Waals surface area contributed by atoms with Crippen LogP contribution >= 0.6 is 0 Å². The molecule has 1 aliphatic heterocycles. The van der Waals surface area contributed by atoms with Crippen molar-refractivity contribution in [2.75, 3.05) is 64.7 Å². The molecule has 3 N–H and O–H groups in total. The van der Waals surface area contributed by atoms with E-state index in [1.165, 1.54) is 7.11 Å². The summed E-state index contributed by atoms with van der Waals surface area (Å²) in [6.45, 7) is 16.6. The van der Waals surface area contributed by atoms with E-state index >= 15 is 0 Å². The molecule has 13 heteroatoms. The Hall–Kier alpha value is -3.07. The summed E-state index contributed by atoms with van der Waals surface area (Å²) in [6, 6.07) is 5.16. The van der Waals surface area contributed by atoms with E-state index in [-0.39, 0.29) is 42.4 Å². The first-order valence-electron chi connectivity index (χ1n) is 17.9. The Morgan fingerprint density at radius 1 is 1.16 bits per heavy atom. The van der Waals surface area contributed by atoms with Crippen LogP contribution in [0.3, 0.4) is 0 Å². The molecule has 1 aromatic carbocycles. The highest BCUT2D eigenvalue weighted by molar-refractivity contribution is 7.96. The van der Waals surface area contributed by atoms with E-state index in [0.29, 0.717) is 87.6 Å². The average molecular weight is 736 g/mol. The van der Waals surface area contributed by atoms with Gasteiger partial charge in [-0.1, -0.05) is 31.6 Å². The summed E-state index contributed by atoms with van der Waals surface area (Å²) in [4.78, 5) is 26.7. The van der Waals surface area contributed by atoms with Crippen molar-refractivity contribution in [2.45, 2.75) is 97.6 Å². The quantitative estimate of drug-likeness (QED) is 0.171. The number of anilines is 1. The van der Waals surface area contributed by atoms with Crippen LogP contribution in [0.1, 0.15) is 86.1 Å². The molecule has 0 spiro atoms. The number of methoxy groups -OCH3 is 1. The Bertz CT molecular complexity index is 1460. The Morgan fingerprint density at radius 2 is 1.86 bits per heavy atom. The highest BCUT2D eigenvalue weighted by atomic mass is 32.2. The number of amides is 1. The SMILES string of the molecule is CC.CC(C)(C)NCO.CCOc1ccc(NS(=O)(=O)C2=CC=C(C)CC=C2COC)c(C2(C=O)CCC(OCCN3CCOCC3=O)CC2)c1. The maximum Gasteiger partial charge on any atom is 0.262 e. The molecule has 0 unspecified atom stereocenters. The molecule has 12 nitrogen and oxygen atoms in total. The largest absolute Gasteiger partial charge is 0.494 e. The standard InChI is InChI=1S/C31H42N2O8S.C5H13NO.C2H6/c1-4-40-26-8-9-28(32-42(36,37)29-10-6-23(2)5-7-24(29)20-38-3)27(19-26)31(22-34)13-11-25(12-14-31)41-18-16-33-15-17-39-21-30(33)35;1-5(2,3)6-4-7;1-2/h6-10,19,22,25,32H,4-5,11-18,20-21H2,1-3H3;6-7H,4H2,1-3H3;1-2H3. The molecule has 0 aromatic heterocycles. The molecule has 1 amide bonds. The van der Waals surface area contributed by atoms with Crippen molar-refractivity contribution in [1.82, 2.24) is 10.2 Å². The number of aliphatic hydroxyl groups excluding tert-OH is 1. The normalized spacial score (nSPS) is 21.0. The van der Waals surface area contributed by atoms with Gasteiger partial charge in [-0.25, -0.2) is 8.42 Å². The topological polar surface area (TPSA) is 153 Å². The van der Waals surface area contributed by atoms with Gasteiger partial charge in [0.05, 0.1) is 55.3 Å². The van der Waals surface area contributed by atoms with Gasteiger partial charge in [0.25, 0.3) is 10.0 Å². The molecule has 4 rings (SSSR count). The van der Waals surface area contributed by atoms with Crippen molar-refractivity contribution in [3.05, 3.63) is 58.0 Å². The molecular formula is C38H61N3O9S. The van der Waals surface area contributed by atoms with Gasteiger partial charge < -0.3 is 33.7 Å². The molecule has 288 valence electrons. The highest BCUT2D eigenvalue weighted by Gasteiger charge is 2.40. The van der Waals surface area contributed by atoms with Crippen LogP contribution < -0.4 is 14.8 Å². The van der Waals surface area contributed by atoms with Crippen LogP contribution in [0.15, 0.2) is 52.5 Å². The Morgan fingerprint density at radius 3 is 2.43 bits per heavy atom. The summed E-state index contributed by atoms with van der Waals surface area (Å²) in [5.74, 6) is 0.533. The lowest BCUT2D eigenvalue weighted by molar-refractivity contribution is -0.144. The number of ether oxygens (including phenoxy) is 4. The van der Waals surface area contributed by atoms with Gasteiger partial charge in [-0.15, -0.1) is 0 Å². The number of nitrogens with zero attached hydrogens (tertiary/aromatic N) is 1. The third-order valence-corrected chi connectivity index (χ3v) is 10.1. The zero-order valence-corrected chi connectivity index (χ0v) is 32.7. The molecule has 0 atom stereocenters. The monoisotopic (exact) mass is 735 g/mol. The smallest absolute Gasteiger partial charge is 0.262 e. The maximum atomic E-state index is 13.8. The van der Waals surface area contributed by atoms with E-state index < -0.39 is 15.4 Å². The molecule has 1 saturated heterocycles. The number of morpholine rings is 1. The minimum absolute atomic E-state index is 0.0340. The van der Waals surface area contributed by atoms with Crippen molar-refractivity contribution in [2.24, 2.45) is 0 Å². The second-order valence-corrected chi connectivity index (χ2v) is 15.2. The highest BCUT2D eigenvalue weighted by Crippen LogP contribution is 2.44. The molecule has 51 heavy (non-hydrogen) atoms. The summed E-state index contributed by atoms with van der Waals surface area (Å²) >= 11 is 0. The van der Waals surface area contributed by atoms with Gasteiger partial charge in [0, 0.05) is 25.7 Å². The molecule has 0 radical (unpaired) electrons. The van der Waals surface area contributed by atoms with Gasteiger partial charge in [-0.2, -0.15) is 0 Å². The minimum atomic E-state index is -4.02.